The Morgan fingerprint density at radius 1 is 1.12 bits per heavy atom. The van der Waals surface area contributed by atoms with Gasteiger partial charge in [-0.05, 0) is 43.5 Å². The van der Waals surface area contributed by atoms with Crippen molar-refractivity contribution in [3.05, 3.63) is 73.1 Å². The topological polar surface area (TPSA) is 70.3 Å². The highest BCUT2D eigenvalue weighted by Crippen LogP contribution is 2.17. The molecule has 0 atom stereocenters. The van der Waals surface area contributed by atoms with E-state index in [1.807, 2.05) is 32.9 Å². The summed E-state index contributed by atoms with van der Waals surface area (Å²) < 4.78 is 7.55. The molecule has 132 valence electrons. The van der Waals surface area contributed by atoms with Crippen LogP contribution in [0.5, 0.6) is 0 Å². The lowest BCUT2D eigenvalue weighted by atomic mass is 10.0. The van der Waals surface area contributed by atoms with Gasteiger partial charge in [0.15, 0.2) is 0 Å². The summed E-state index contributed by atoms with van der Waals surface area (Å²) in [6.07, 6.45) is 3.95. The molecule has 0 aliphatic rings. The van der Waals surface area contributed by atoms with Crippen molar-refractivity contribution in [2.24, 2.45) is 14.1 Å². The first-order valence-electron chi connectivity index (χ1n) is 7.89. The van der Waals surface area contributed by atoms with E-state index >= 15 is 0 Å². The van der Waals surface area contributed by atoms with E-state index in [4.69, 9.17) is 4.74 Å². The maximum Gasteiger partial charge on any atom is 0.331 e. The standard InChI is InChI=1S/C19H22N2O4/c1-12-8-13(2)16(14(3)9-12)11-25-17(22)7-6-15-10-20(4)19(24)21(5)18(15)23/h6-10H,11H2,1-5H3. The fraction of sp³-hybridized carbons (Fsp3) is 0.316. The summed E-state index contributed by atoms with van der Waals surface area (Å²) in [5.74, 6) is -0.546. The zero-order valence-corrected chi connectivity index (χ0v) is 15.1. The number of aryl methyl sites for hydroxylation is 4. The second-order valence-electron chi connectivity index (χ2n) is 6.16. The van der Waals surface area contributed by atoms with E-state index in [0.29, 0.717) is 0 Å². The maximum atomic E-state index is 12.0. The predicted octanol–water partition coefficient (Wildman–Crippen LogP) is 1.77. The predicted molar refractivity (Wildman–Crippen MR) is 96.4 cm³/mol. The molecule has 1 aromatic heterocycles. The van der Waals surface area contributed by atoms with Crippen molar-refractivity contribution in [3.63, 3.8) is 0 Å². The molecule has 0 N–H and O–H groups in total. The van der Waals surface area contributed by atoms with E-state index in [9.17, 15) is 14.4 Å². The highest BCUT2D eigenvalue weighted by atomic mass is 16.5. The molecule has 0 amide bonds. The van der Waals surface area contributed by atoms with Gasteiger partial charge >= 0.3 is 11.7 Å². The summed E-state index contributed by atoms with van der Waals surface area (Å²) in [4.78, 5) is 35.6. The third-order valence-corrected chi connectivity index (χ3v) is 4.07. The summed E-state index contributed by atoms with van der Waals surface area (Å²) in [5.41, 5.74) is 3.64. The van der Waals surface area contributed by atoms with Crippen LogP contribution < -0.4 is 11.2 Å². The van der Waals surface area contributed by atoms with Crippen molar-refractivity contribution in [1.82, 2.24) is 9.13 Å². The second kappa shape index (κ2) is 7.34. The van der Waals surface area contributed by atoms with Crippen LogP contribution in [-0.4, -0.2) is 15.1 Å². The normalized spacial score (nSPS) is 11.1. The number of esters is 1. The Kier molecular flexibility index (Phi) is 5.41. The number of carbonyl (C=O) groups excluding carboxylic acids is 1. The van der Waals surface area contributed by atoms with Gasteiger partial charge in [0.25, 0.3) is 5.56 Å². The Labute approximate surface area is 146 Å². The van der Waals surface area contributed by atoms with E-state index in [1.54, 1.807) is 7.05 Å². The van der Waals surface area contributed by atoms with Crippen LogP contribution >= 0.6 is 0 Å². The van der Waals surface area contributed by atoms with Crippen molar-refractivity contribution in [1.29, 1.82) is 0 Å². The minimum absolute atomic E-state index is 0.173. The zero-order valence-electron chi connectivity index (χ0n) is 15.1. The van der Waals surface area contributed by atoms with Crippen LogP contribution in [0.25, 0.3) is 6.08 Å². The number of ether oxygens (including phenoxy) is 1. The molecular weight excluding hydrogens is 320 g/mol. The summed E-state index contributed by atoms with van der Waals surface area (Å²) in [5, 5.41) is 0. The van der Waals surface area contributed by atoms with Gasteiger partial charge in [-0.3, -0.25) is 9.36 Å². The van der Waals surface area contributed by atoms with Gasteiger partial charge in [-0.15, -0.1) is 0 Å². The first kappa shape index (κ1) is 18.4. The van der Waals surface area contributed by atoms with Crippen molar-refractivity contribution >= 4 is 12.0 Å². The van der Waals surface area contributed by atoms with Crippen LogP contribution in [0.4, 0.5) is 0 Å². The molecule has 2 aromatic rings. The lowest BCUT2D eigenvalue weighted by Gasteiger charge is -2.11. The van der Waals surface area contributed by atoms with Crippen LogP contribution in [0.1, 0.15) is 27.8 Å². The molecule has 0 aliphatic carbocycles. The van der Waals surface area contributed by atoms with Crippen molar-refractivity contribution in [2.75, 3.05) is 0 Å². The first-order valence-corrected chi connectivity index (χ1v) is 7.89. The Morgan fingerprint density at radius 3 is 2.32 bits per heavy atom. The van der Waals surface area contributed by atoms with E-state index in [0.717, 1.165) is 26.8 Å². The molecule has 6 nitrogen and oxygen atoms in total. The fourth-order valence-electron chi connectivity index (χ4n) is 2.74. The van der Waals surface area contributed by atoms with Gasteiger partial charge in [0.2, 0.25) is 0 Å². The first-order chi connectivity index (χ1) is 11.7. The highest BCUT2D eigenvalue weighted by Gasteiger charge is 2.08. The quantitative estimate of drug-likeness (QED) is 0.627. The van der Waals surface area contributed by atoms with Gasteiger partial charge in [0.05, 0.1) is 5.56 Å². The number of hydrogen-bond acceptors (Lipinski definition) is 4. The Bertz CT molecular complexity index is 941. The number of benzene rings is 1. The average molecular weight is 342 g/mol. The Balaban J connectivity index is 2.13. The number of aromatic nitrogens is 2. The molecule has 0 unspecified atom stereocenters. The summed E-state index contributed by atoms with van der Waals surface area (Å²) in [7, 11) is 2.93. The van der Waals surface area contributed by atoms with Crippen molar-refractivity contribution < 1.29 is 9.53 Å². The van der Waals surface area contributed by atoms with E-state index in [-0.39, 0.29) is 12.2 Å². The van der Waals surface area contributed by atoms with Crippen molar-refractivity contribution in [2.45, 2.75) is 27.4 Å². The smallest absolute Gasteiger partial charge is 0.331 e. The minimum atomic E-state index is -0.546. The van der Waals surface area contributed by atoms with E-state index < -0.39 is 17.2 Å². The molecule has 0 saturated heterocycles. The van der Waals surface area contributed by atoms with Crippen LogP contribution in [-0.2, 0) is 30.2 Å². The molecule has 1 aromatic carbocycles. The van der Waals surface area contributed by atoms with Gasteiger partial charge < -0.3 is 9.30 Å². The summed E-state index contributed by atoms with van der Waals surface area (Å²) in [6, 6.07) is 4.08. The minimum Gasteiger partial charge on any atom is -0.458 e. The number of nitrogens with zero attached hydrogens (tertiary/aromatic N) is 2. The lowest BCUT2D eigenvalue weighted by molar-refractivity contribution is -0.138. The lowest BCUT2D eigenvalue weighted by Crippen LogP contribution is -2.37. The monoisotopic (exact) mass is 342 g/mol. The molecule has 0 spiro atoms. The average Bonchev–Trinajstić information content (AvgIpc) is 2.54. The Hall–Kier alpha value is -2.89. The largest absolute Gasteiger partial charge is 0.458 e. The van der Waals surface area contributed by atoms with Crippen LogP contribution in [0, 0.1) is 20.8 Å². The van der Waals surface area contributed by atoms with E-state index in [1.165, 1.54) is 30.0 Å². The van der Waals surface area contributed by atoms with Crippen LogP contribution in [0.2, 0.25) is 0 Å². The van der Waals surface area contributed by atoms with Gasteiger partial charge in [-0.1, -0.05) is 17.7 Å². The van der Waals surface area contributed by atoms with Crippen molar-refractivity contribution in [3.8, 4) is 0 Å². The molecule has 0 bridgehead atoms. The number of rotatable bonds is 4. The van der Waals surface area contributed by atoms with Gasteiger partial charge in [0.1, 0.15) is 6.61 Å². The van der Waals surface area contributed by atoms with Gasteiger partial charge in [-0.25, -0.2) is 9.59 Å². The van der Waals surface area contributed by atoms with Crippen LogP contribution in [0.15, 0.2) is 34.0 Å². The van der Waals surface area contributed by atoms with Crippen LogP contribution in [0.3, 0.4) is 0 Å². The summed E-state index contributed by atoms with van der Waals surface area (Å²) >= 11 is 0. The third kappa shape index (κ3) is 4.15. The highest BCUT2D eigenvalue weighted by molar-refractivity contribution is 5.86. The molecular formula is C19H22N2O4. The Morgan fingerprint density at radius 2 is 1.72 bits per heavy atom. The summed E-state index contributed by atoms with van der Waals surface area (Å²) in [6.45, 7) is 6.15. The van der Waals surface area contributed by atoms with Gasteiger partial charge in [-0.2, -0.15) is 0 Å². The SMILES string of the molecule is Cc1cc(C)c(COC(=O)C=Cc2cn(C)c(=O)n(C)c2=O)c(C)c1. The molecule has 1 heterocycles. The fourth-order valence-corrected chi connectivity index (χ4v) is 2.74. The van der Waals surface area contributed by atoms with Gasteiger partial charge in [0, 0.05) is 26.4 Å². The zero-order chi connectivity index (χ0) is 18.7. The molecule has 0 saturated carbocycles. The number of hydrogen-bond donors (Lipinski definition) is 0. The number of carbonyl (C=O) groups is 1. The molecule has 0 aliphatic heterocycles. The molecule has 25 heavy (non-hydrogen) atoms. The molecule has 6 heteroatoms. The van der Waals surface area contributed by atoms with E-state index in [2.05, 4.69) is 0 Å². The third-order valence-electron chi connectivity index (χ3n) is 4.07. The second-order valence-corrected chi connectivity index (χ2v) is 6.16. The maximum absolute atomic E-state index is 12.0. The molecule has 0 radical (unpaired) electrons. The molecule has 0 fully saturated rings. The molecule has 2 rings (SSSR count).